The number of carbonyl (C=O) groups excluding carboxylic acids is 2. The molecular formula is C14H23N5O2. The first-order valence-corrected chi connectivity index (χ1v) is 7.07. The third-order valence-corrected chi connectivity index (χ3v) is 3.88. The number of hydrogen-bond acceptors (Lipinski definition) is 4. The van der Waals surface area contributed by atoms with Crippen molar-refractivity contribution in [2.75, 3.05) is 33.7 Å². The molecule has 2 rings (SSSR count). The van der Waals surface area contributed by atoms with Crippen LogP contribution in [0.5, 0.6) is 0 Å². The van der Waals surface area contributed by atoms with E-state index in [1.54, 1.807) is 30.1 Å². The van der Waals surface area contributed by atoms with Crippen molar-refractivity contribution in [2.45, 2.75) is 19.5 Å². The van der Waals surface area contributed by atoms with Gasteiger partial charge in [0.15, 0.2) is 0 Å². The van der Waals surface area contributed by atoms with Crippen molar-refractivity contribution in [1.82, 2.24) is 24.3 Å². The number of piperazine rings is 1. The van der Waals surface area contributed by atoms with Crippen LogP contribution < -0.4 is 0 Å². The molecule has 7 heteroatoms. The molecule has 0 saturated carbocycles. The molecule has 1 atom stereocenters. The van der Waals surface area contributed by atoms with Gasteiger partial charge in [-0.2, -0.15) is 0 Å². The lowest BCUT2D eigenvalue weighted by atomic mass is 10.1. The summed E-state index contributed by atoms with van der Waals surface area (Å²) in [6.07, 6.45) is 3.67. The Bertz CT molecular complexity index is 525. The Morgan fingerprint density at radius 2 is 2.10 bits per heavy atom. The molecule has 1 saturated heterocycles. The molecular weight excluding hydrogens is 270 g/mol. The predicted octanol–water partition coefficient (Wildman–Crippen LogP) is -0.459. The molecule has 7 nitrogen and oxygen atoms in total. The minimum absolute atomic E-state index is 0.0326. The van der Waals surface area contributed by atoms with Crippen molar-refractivity contribution < 1.29 is 9.59 Å². The van der Waals surface area contributed by atoms with Crippen LogP contribution in [-0.2, 0) is 23.2 Å². The molecule has 0 aromatic carbocycles. The lowest BCUT2D eigenvalue weighted by molar-refractivity contribution is -0.146. The predicted molar refractivity (Wildman–Crippen MR) is 78.4 cm³/mol. The highest BCUT2D eigenvalue weighted by molar-refractivity contribution is 5.87. The molecule has 0 spiro atoms. The van der Waals surface area contributed by atoms with Crippen molar-refractivity contribution in [3.8, 4) is 0 Å². The maximum atomic E-state index is 12.3. The molecule has 0 radical (unpaired) electrons. The molecule has 116 valence electrons. The summed E-state index contributed by atoms with van der Waals surface area (Å²) in [6, 6.07) is -0.411. The van der Waals surface area contributed by atoms with E-state index in [9.17, 15) is 9.59 Å². The third kappa shape index (κ3) is 3.41. The lowest BCUT2D eigenvalue weighted by Crippen LogP contribution is -2.59. The molecule has 0 aliphatic carbocycles. The second kappa shape index (κ2) is 6.26. The lowest BCUT2D eigenvalue weighted by Gasteiger charge is -2.40. The Kier molecular flexibility index (Phi) is 4.62. The first-order chi connectivity index (χ1) is 9.90. The number of aromatic nitrogens is 2. The number of likely N-dealkylation sites (N-methyl/N-ethyl adjacent to an activating group) is 1. The zero-order valence-electron chi connectivity index (χ0n) is 13.1. The Hall–Kier alpha value is -1.89. The van der Waals surface area contributed by atoms with Crippen LogP contribution in [0.15, 0.2) is 12.4 Å². The number of carbonyl (C=O) groups is 2. The van der Waals surface area contributed by atoms with E-state index in [2.05, 4.69) is 9.88 Å². The summed E-state index contributed by atoms with van der Waals surface area (Å²) in [5, 5.41) is 0. The first-order valence-electron chi connectivity index (χ1n) is 7.07. The average molecular weight is 293 g/mol. The van der Waals surface area contributed by atoms with Crippen LogP contribution in [0.1, 0.15) is 12.7 Å². The van der Waals surface area contributed by atoms with Crippen LogP contribution in [0.2, 0.25) is 0 Å². The van der Waals surface area contributed by atoms with Crippen molar-refractivity contribution in [1.29, 1.82) is 0 Å². The van der Waals surface area contributed by atoms with E-state index in [1.807, 2.05) is 17.8 Å². The van der Waals surface area contributed by atoms with Gasteiger partial charge in [-0.1, -0.05) is 0 Å². The standard InChI is InChI=1S/C14H23N5O2/c1-11(20)19-8-7-18(9-12(19)14(21)16(2)3)10-13-15-5-6-17(13)4/h5-6,12H,7-10H2,1-4H3/t12-/m1/s1. The fourth-order valence-electron chi connectivity index (χ4n) is 2.62. The normalized spacial score (nSPS) is 19.6. The Morgan fingerprint density at radius 3 is 2.62 bits per heavy atom. The first kappa shape index (κ1) is 15.5. The third-order valence-electron chi connectivity index (χ3n) is 3.88. The van der Waals surface area contributed by atoms with Crippen LogP contribution in [-0.4, -0.2) is 75.8 Å². The number of aryl methyl sites for hydroxylation is 1. The van der Waals surface area contributed by atoms with E-state index >= 15 is 0 Å². The monoisotopic (exact) mass is 293 g/mol. The number of nitrogens with zero attached hydrogens (tertiary/aromatic N) is 5. The van der Waals surface area contributed by atoms with Crippen LogP contribution in [0, 0.1) is 0 Å². The summed E-state index contributed by atoms with van der Waals surface area (Å²) in [6.45, 7) is 4.08. The van der Waals surface area contributed by atoms with Gasteiger partial charge < -0.3 is 14.4 Å². The minimum Gasteiger partial charge on any atom is -0.347 e. The van der Waals surface area contributed by atoms with E-state index in [0.29, 0.717) is 19.6 Å². The van der Waals surface area contributed by atoms with Crippen molar-refractivity contribution >= 4 is 11.8 Å². The fourth-order valence-corrected chi connectivity index (χ4v) is 2.62. The Labute approximate surface area is 125 Å². The van der Waals surface area contributed by atoms with Gasteiger partial charge in [0, 0.05) is 60.1 Å². The van der Waals surface area contributed by atoms with Crippen LogP contribution in [0.3, 0.4) is 0 Å². The zero-order chi connectivity index (χ0) is 15.6. The highest BCUT2D eigenvalue weighted by atomic mass is 16.2. The van der Waals surface area contributed by atoms with Crippen molar-refractivity contribution in [3.05, 3.63) is 18.2 Å². The van der Waals surface area contributed by atoms with Crippen LogP contribution in [0.25, 0.3) is 0 Å². The van der Waals surface area contributed by atoms with E-state index in [4.69, 9.17) is 0 Å². The van der Waals surface area contributed by atoms with Gasteiger partial charge in [0.2, 0.25) is 11.8 Å². The SMILES string of the molecule is CC(=O)N1CCN(Cc2nccn2C)C[C@@H]1C(=O)N(C)C. The largest absolute Gasteiger partial charge is 0.347 e. The van der Waals surface area contributed by atoms with Gasteiger partial charge in [-0.25, -0.2) is 4.98 Å². The number of rotatable bonds is 3. The fraction of sp³-hybridized carbons (Fsp3) is 0.643. The van der Waals surface area contributed by atoms with E-state index < -0.39 is 6.04 Å². The number of imidazole rings is 1. The van der Waals surface area contributed by atoms with Gasteiger partial charge >= 0.3 is 0 Å². The molecule has 1 aromatic rings. The average Bonchev–Trinajstić information content (AvgIpc) is 2.83. The van der Waals surface area contributed by atoms with E-state index in [-0.39, 0.29) is 11.8 Å². The molecule has 2 amide bonds. The van der Waals surface area contributed by atoms with Gasteiger partial charge in [-0.05, 0) is 0 Å². The van der Waals surface area contributed by atoms with Gasteiger partial charge in [-0.15, -0.1) is 0 Å². The molecule has 0 unspecified atom stereocenters. The van der Waals surface area contributed by atoms with Gasteiger partial charge in [0.25, 0.3) is 0 Å². The second-order valence-corrected chi connectivity index (χ2v) is 5.65. The van der Waals surface area contributed by atoms with Crippen molar-refractivity contribution in [2.24, 2.45) is 7.05 Å². The molecule has 21 heavy (non-hydrogen) atoms. The topological polar surface area (TPSA) is 61.7 Å². The summed E-state index contributed by atoms with van der Waals surface area (Å²) < 4.78 is 1.97. The summed E-state index contributed by atoms with van der Waals surface area (Å²) in [4.78, 5) is 33.7. The molecule has 1 aliphatic rings. The smallest absolute Gasteiger partial charge is 0.246 e. The molecule has 0 bridgehead atoms. The van der Waals surface area contributed by atoms with Crippen molar-refractivity contribution in [3.63, 3.8) is 0 Å². The van der Waals surface area contributed by atoms with Crippen LogP contribution >= 0.6 is 0 Å². The van der Waals surface area contributed by atoms with E-state index in [1.165, 1.54) is 6.92 Å². The quantitative estimate of drug-likeness (QED) is 0.757. The Morgan fingerprint density at radius 1 is 1.38 bits per heavy atom. The number of hydrogen-bond donors (Lipinski definition) is 0. The summed E-state index contributed by atoms with van der Waals surface area (Å²) >= 11 is 0. The van der Waals surface area contributed by atoms with Gasteiger partial charge in [0.1, 0.15) is 11.9 Å². The number of amides is 2. The van der Waals surface area contributed by atoms with Gasteiger partial charge in [-0.3, -0.25) is 14.5 Å². The molecule has 0 N–H and O–H groups in total. The summed E-state index contributed by atoms with van der Waals surface area (Å²) in [7, 11) is 5.40. The highest BCUT2D eigenvalue weighted by Gasteiger charge is 2.34. The Balaban J connectivity index is 2.10. The molecule has 2 heterocycles. The maximum Gasteiger partial charge on any atom is 0.246 e. The zero-order valence-corrected chi connectivity index (χ0v) is 13.1. The highest BCUT2D eigenvalue weighted by Crippen LogP contribution is 2.14. The molecule has 1 fully saturated rings. The maximum absolute atomic E-state index is 12.3. The van der Waals surface area contributed by atoms with Crippen LogP contribution in [0.4, 0.5) is 0 Å². The second-order valence-electron chi connectivity index (χ2n) is 5.65. The minimum atomic E-state index is -0.411. The van der Waals surface area contributed by atoms with Gasteiger partial charge in [0.05, 0.1) is 6.54 Å². The molecule has 1 aromatic heterocycles. The summed E-state index contributed by atoms with van der Waals surface area (Å²) in [5.41, 5.74) is 0. The molecule has 1 aliphatic heterocycles. The summed E-state index contributed by atoms with van der Waals surface area (Å²) in [5.74, 6) is 0.879. The van der Waals surface area contributed by atoms with E-state index in [0.717, 1.165) is 12.4 Å².